The van der Waals surface area contributed by atoms with Crippen molar-refractivity contribution in [1.82, 2.24) is 5.32 Å². The molecule has 0 spiro atoms. The van der Waals surface area contributed by atoms with Crippen molar-refractivity contribution in [2.24, 2.45) is 5.73 Å². The maximum Gasteiger partial charge on any atom is 0.251 e. The lowest BCUT2D eigenvalue weighted by Crippen LogP contribution is -2.54. The molecule has 0 fully saturated rings. The molecule has 18 heavy (non-hydrogen) atoms. The Morgan fingerprint density at radius 1 is 1.39 bits per heavy atom. The van der Waals surface area contributed by atoms with E-state index in [0.29, 0.717) is 5.56 Å². The molecule has 4 nitrogen and oxygen atoms in total. The van der Waals surface area contributed by atoms with Gasteiger partial charge in [0, 0.05) is 36.9 Å². The van der Waals surface area contributed by atoms with Crippen molar-refractivity contribution in [3.63, 3.8) is 0 Å². The lowest BCUT2D eigenvalue weighted by molar-refractivity contribution is 0.0903. The Hall–Kier alpha value is -1.55. The zero-order valence-electron chi connectivity index (χ0n) is 11.8. The molecule has 0 aliphatic carbocycles. The van der Waals surface area contributed by atoms with Crippen LogP contribution < -0.4 is 16.0 Å². The number of carbonyl (C=O) groups is 1. The molecule has 0 aromatic heterocycles. The standard InChI is InChI=1S/C14H23N3O/c1-10(15)14(2,3)16-13(18)11-7-6-8-12(9-11)17(4)5/h6-10H,15H2,1-5H3,(H,16,18). The van der Waals surface area contributed by atoms with Crippen molar-refractivity contribution in [1.29, 1.82) is 0 Å². The summed E-state index contributed by atoms with van der Waals surface area (Å²) in [5.41, 5.74) is 7.08. The number of carbonyl (C=O) groups excluding carboxylic acids is 1. The fourth-order valence-electron chi connectivity index (χ4n) is 1.40. The predicted octanol–water partition coefficient (Wildman–Crippen LogP) is 1.61. The number of hydrogen-bond acceptors (Lipinski definition) is 3. The lowest BCUT2D eigenvalue weighted by Gasteiger charge is -2.30. The SMILES string of the molecule is CC(N)C(C)(C)NC(=O)c1cccc(N(C)C)c1. The Morgan fingerprint density at radius 2 is 2.00 bits per heavy atom. The van der Waals surface area contributed by atoms with Crippen molar-refractivity contribution in [3.05, 3.63) is 29.8 Å². The van der Waals surface area contributed by atoms with Gasteiger partial charge in [0.05, 0.1) is 0 Å². The van der Waals surface area contributed by atoms with Gasteiger partial charge < -0.3 is 16.0 Å². The molecular formula is C14H23N3O. The van der Waals surface area contributed by atoms with Crippen molar-refractivity contribution < 1.29 is 4.79 Å². The van der Waals surface area contributed by atoms with Gasteiger partial charge in [-0.05, 0) is 39.0 Å². The molecule has 0 aliphatic rings. The number of nitrogens with zero attached hydrogens (tertiary/aromatic N) is 1. The summed E-state index contributed by atoms with van der Waals surface area (Å²) in [6.45, 7) is 5.73. The van der Waals surface area contributed by atoms with E-state index in [1.54, 1.807) is 6.07 Å². The molecule has 0 saturated heterocycles. The summed E-state index contributed by atoms with van der Waals surface area (Å²) in [5.74, 6) is -0.0963. The number of nitrogens with two attached hydrogens (primary N) is 1. The molecule has 0 bridgehead atoms. The van der Waals surface area contributed by atoms with Crippen LogP contribution in [0.3, 0.4) is 0 Å². The van der Waals surface area contributed by atoms with Gasteiger partial charge in [0.25, 0.3) is 5.91 Å². The Morgan fingerprint density at radius 3 is 2.50 bits per heavy atom. The van der Waals surface area contributed by atoms with Crippen LogP contribution in [0.5, 0.6) is 0 Å². The van der Waals surface area contributed by atoms with Crippen molar-refractivity contribution in [3.8, 4) is 0 Å². The van der Waals surface area contributed by atoms with Crippen LogP contribution in [0, 0.1) is 0 Å². The first-order valence-electron chi connectivity index (χ1n) is 6.09. The van der Waals surface area contributed by atoms with Crippen LogP contribution in [0.4, 0.5) is 5.69 Å². The summed E-state index contributed by atoms with van der Waals surface area (Å²) in [6.07, 6.45) is 0. The predicted molar refractivity (Wildman–Crippen MR) is 76.0 cm³/mol. The second kappa shape index (κ2) is 5.40. The average Bonchev–Trinajstić information content (AvgIpc) is 2.28. The molecule has 0 radical (unpaired) electrons. The van der Waals surface area contributed by atoms with Crippen molar-refractivity contribution in [2.45, 2.75) is 32.4 Å². The summed E-state index contributed by atoms with van der Waals surface area (Å²) in [5, 5.41) is 2.96. The van der Waals surface area contributed by atoms with E-state index in [2.05, 4.69) is 5.32 Å². The van der Waals surface area contributed by atoms with Crippen LogP contribution in [-0.2, 0) is 0 Å². The molecule has 1 aromatic carbocycles. The van der Waals surface area contributed by atoms with Crippen LogP contribution in [0.25, 0.3) is 0 Å². The van der Waals surface area contributed by atoms with E-state index < -0.39 is 5.54 Å². The van der Waals surface area contributed by atoms with Gasteiger partial charge in [0.1, 0.15) is 0 Å². The number of amides is 1. The topological polar surface area (TPSA) is 58.4 Å². The molecule has 4 heteroatoms. The maximum atomic E-state index is 12.2. The molecule has 1 unspecified atom stereocenters. The van der Waals surface area contributed by atoms with E-state index in [4.69, 9.17) is 5.73 Å². The highest BCUT2D eigenvalue weighted by Gasteiger charge is 2.25. The lowest BCUT2D eigenvalue weighted by atomic mass is 9.96. The van der Waals surface area contributed by atoms with Gasteiger partial charge in [0.2, 0.25) is 0 Å². The maximum absolute atomic E-state index is 12.2. The molecule has 1 amide bonds. The number of rotatable bonds is 4. The van der Waals surface area contributed by atoms with Crippen molar-refractivity contribution in [2.75, 3.05) is 19.0 Å². The van der Waals surface area contributed by atoms with Crippen LogP contribution >= 0.6 is 0 Å². The average molecular weight is 249 g/mol. The molecule has 0 heterocycles. The Labute approximate surface area is 109 Å². The van der Waals surface area contributed by atoms with Crippen LogP contribution in [0.2, 0.25) is 0 Å². The van der Waals surface area contributed by atoms with Gasteiger partial charge in [-0.15, -0.1) is 0 Å². The fraction of sp³-hybridized carbons (Fsp3) is 0.500. The molecule has 1 atom stereocenters. The Balaban J connectivity index is 2.88. The normalized spacial score (nSPS) is 13.0. The van der Waals surface area contributed by atoms with Gasteiger partial charge in [-0.3, -0.25) is 4.79 Å². The zero-order valence-corrected chi connectivity index (χ0v) is 11.8. The summed E-state index contributed by atoms with van der Waals surface area (Å²) in [4.78, 5) is 14.1. The second-order valence-corrected chi connectivity index (χ2v) is 5.41. The third kappa shape index (κ3) is 3.47. The zero-order chi connectivity index (χ0) is 13.9. The summed E-state index contributed by atoms with van der Waals surface area (Å²) >= 11 is 0. The first-order valence-corrected chi connectivity index (χ1v) is 6.09. The highest BCUT2D eigenvalue weighted by molar-refractivity contribution is 5.95. The quantitative estimate of drug-likeness (QED) is 0.852. The minimum Gasteiger partial charge on any atom is -0.378 e. The monoisotopic (exact) mass is 249 g/mol. The molecular weight excluding hydrogens is 226 g/mol. The van der Waals surface area contributed by atoms with Crippen LogP contribution in [0.1, 0.15) is 31.1 Å². The number of hydrogen-bond donors (Lipinski definition) is 2. The van der Waals surface area contributed by atoms with Gasteiger partial charge in [-0.1, -0.05) is 6.07 Å². The molecule has 0 aliphatic heterocycles. The van der Waals surface area contributed by atoms with Gasteiger partial charge >= 0.3 is 0 Å². The van der Waals surface area contributed by atoms with E-state index >= 15 is 0 Å². The number of nitrogens with one attached hydrogen (secondary N) is 1. The van der Waals surface area contributed by atoms with E-state index in [-0.39, 0.29) is 11.9 Å². The van der Waals surface area contributed by atoms with Crippen LogP contribution in [-0.4, -0.2) is 31.6 Å². The fourth-order valence-corrected chi connectivity index (χ4v) is 1.40. The van der Waals surface area contributed by atoms with Gasteiger partial charge in [0.15, 0.2) is 0 Å². The molecule has 3 N–H and O–H groups in total. The third-order valence-electron chi connectivity index (χ3n) is 3.20. The first kappa shape index (κ1) is 14.5. The molecule has 1 rings (SSSR count). The first-order chi connectivity index (χ1) is 8.24. The summed E-state index contributed by atoms with van der Waals surface area (Å²) in [6, 6.07) is 7.40. The van der Waals surface area contributed by atoms with E-state index in [1.807, 2.05) is 58.0 Å². The Kier molecular flexibility index (Phi) is 4.35. The van der Waals surface area contributed by atoms with Crippen LogP contribution in [0.15, 0.2) is 24.3 Å². The number of anilines is 1. The Bertz CT molecular complexity index is 425. The summed E-state index contributed by atoms with van der Waals surface area (Å²) < 4.78 is 0. The highest BCUT2D eigenvalue weighted by Crippen LogP contribution is 2.15. The highest BCUT2D eigenvalue weighted by atomic mass is 16.1. The smallest absolute Gasteiger partial charge is 0.251 e. The number of benzene rings is 1. The van der Waals surface area contributed by atoms with E-state index in [1.165, 1.54) is 0 Å². The van der Waals surface area contributed by atoms with Gasteiger partial charge in [-0.25, -0.2) is 0 Å². The minimum absolute atomic E-state index is 0.0963. The third-order valence-corrected chi connectivity index (χ3v) is 3.20. The molecule has 0 saturated carbocycles. The largest absolute Gasteiger partial charge is 0.378 e. The minimum atomic E-state index is -0.425. The molecule has 100 valence electrons. The van der Waals surface area contributed by atoms with Crippen molar-refractivity contribution >= 4 is 11.6 Å². The molecule has 1 aromatic rings. The van der Waals surface area contributed by atoms with E-state index in [9.17, 15) is 4.79 Å². The summed E-state index contributed by atoms with van der Waals surface area (Å²) in [7, 11) is 3.89. The second-order valence-electron chi connectivity index (χ2n) is 5.41. The van der Waals surface area contributed by atoms with E-state index in [0.717, 1.165) is 5.69 Å². The van der Waals surface area contributed by atoms with Gasteiger partial charge in [-0.2, -0.15) is 0 Å².